The van der Waals surface area contributed by atoms with E-state index < -0.39 is 17.8 Å². The van der Waals surface area contributed by atoms with E-state index in [9.17, 15) is 9.90 Å². The SMILES string of the molecule is CC(C)C[C@@H](NC(=O)OC(C)(C)C)C(O)CCCCOCc1ccccc1. The summed E-state index contributed by atoms with van der Waals surface area (Å²) in [5.74, 6) is 0.369. The van der Waals surface area contributed by atoms with Crippen molar-refractivity contribution in [2.45, 2.75) is 84.7 Å². The van der Waals surface area contributed by atoms with Crippen molar-refractivity contribution >= 4 is 6.09 Å². The molecular weight excluding hydrogens is 342 g/mol. The first-order valence-electron chi connectivity index (χ1n) is 9.96. The fourth-order valence-electron chi connectivity index (χ4n) is 2.80. The quantitative estimate of drug-likeness (QED) is 0.548. The van der Waals surface area contributed by atoms with E-state index in [1.807, 2.05) is 51.1 Å². The van der Waals surface area contributed by atoms with Gasteiger partial charge in [-0.05, 0) is 57.9 Å². The molecule has 154 valence electrons. The molecule has 0 saturated heterocycles. The van der Waals surface area contributed by atoms with Crippen molar-refractivity contribution in [2.75, 3.05) is 6.61 Å². The lowest BCUT2D eigenvalue weighted by atomic mass is 9.96. The second-order valence-electron chi connectivity index (χ2n) is 8.48. The summed E-state index contributed by atoms with van der Waals surface area (Å²) in [4.78, 5) is 12.0. The van der Waals surface area contributed by atoms with Gasteiger partial charge in [-0.1, -0.05) is 44.2 Å². The van der Waals surface area contributed by atoms with Gasteiger partial charge in [0.05, 0.1) is 18.8 Å². The Kier molecular flexibility index (Phi) is 10.4. The number of alkyl carbamates (subject to hydrolysis) is 1. The Morgan fingerprint density at radius 2 is 1.81 bits per heavy atom. The molecular formula is C22H37NO4. The van der Waals surface area contributed by atoms with Crippen LogP contribution in [0, 0.1) is 5.92 Å². The molecule has 1 aromatic carbocycles. The summed E-state index contributed by atoms with van der Waals surface area (Å²) in [5.41, 5.74) is 0.615. The number of carbonyl (C=O) groups is 1. The van der Waals surface area contributed by atoms with Crippen LogP contribution >= 0.6 is 0 Å². The van der Waals surface area contributed by atoms with E-state index in [0.29, 0.717) is 32.0 Å². The second kappa shape index (κ2) is 12.0. The van der Waals surface area contributed by atoms with Crippen molar-refractivity contribution in [3.05, 3.63) is 35.9 Å². The molecule has 1 unspecified atom stereocenters. The number of rotatable bonds is 11. The first-order valence-corrected chi connectivity index (χ1v) is 9.96. The zero-order chi connectivity index (χ0) is 20.3. The lowest BCUT2D eigenvalue weighted by molar-refractivity contribution is 0.0384. The number of amides is 1. The molecule has 0 aromatic heterocycles. The number of aliphatic hydroxyl groups excluding tert-OH is 1. The summed E-state index contributed by atoms with van der Waals surface area (Å²) < 4.78 is 11.0. The normalized spacial score (nSPS) is 14.0. The average molecular weight is 380 g/mol. The fraction of sp³-hybridized carbons (Fsp3) is 0.682. The Bertz CT molecular complexity index is 525. The molecule has 1 aromatic rings. The Balaban J connectivity index is 2.31. The largest absolute Gasteiger partial charge is 0.444 e. The van der Waals surface area contributed by atoms with Crippen molar-refractivity contribution in [2.24, 2.45) is 5.92 Å². The van der Waals surface area contributed by atoms with Gasteiger partial charge in [0.1, 0.15) is 5.60 Å². The minimum Gasteiger partial charge on any atom is -0.444 e. The van der Waals surface area contributed by atoms with Gasteiger partial charge < -0.3 is 19.9 Å². The smallest absolute Gasteiger partial charge is 0.407 e. The van der Waals surface area contributed by atoms with Crippen LogP contribution in [0.15, 0.2) is 30.3 Å². The Hall–Kier alpha value is -1.59. The fourth-order valence-corrected chi connectivity index (χ4v) is 2.80. The van der Waals surface area contributed by atoms with Crippen molar-refractivity contribution in [3.8, 4) is 0 Å². The van der Waals surface area contributed by atoms with Crippen LogP contribution in [0.5, 0.6) is 0 Å². The minimum absolute atomic E-state index is 0.301. The predicted octanol–water partition coefficient (Wildman–Crippen LogP) is 4.67. The topological polar surface area (TPSA) is 67.8 Å². The molecule has 0 aliphatic rings. The number of ether oxygens (including phenoxy) is 2. The molecule has 2 N–H and O–H groups in total. The van der Waals surface area contributed by atoms with E-state index >= 15 is 0 Å². The van der Waals surface area contributed by atoms with Crippen LogP contribution in [-0.2, 0) is 16.1 Å². The highest BCUT2D eigenvalue weighted by atomic mass is 16.6. The van der Waals surface area contributed by atoms with Gasteiger partial charge in [-0.15, -0.1) is 0 Å². The van der Waals surface area contributed by atoms with Crippen LogP contribution in [-0.4, -0.2) is 35.6 Å². The Morgan fingerprint density at radius 1 is 1.15 bits per heavy atom. The number of hydrogen-bond donors (Lipinski definition) is 2. The lowest BCUT2D eigenvalue weighted by Gasteiger charge is -2.28. The van der Waals surface area contributed by atoms with Gasteiger partial charge in [0, 0.05) is 6.61 Å². The van der Waals surface area contributed by atoms with Gasteiger partial charge in [0.15, 0.2) is 0 Å². The second-order valence-corrected chi connectivity index (χ2v) is 8.48. The molecule has 1 amide bonds. The van der Waals surface area contributed by atoms with Crippen LogP contribution in [0.1, 0.15) is 65.9 Å². The van der Waals surface area contributed by atoms with Crippen molar-refractivity contribution < 1.29 is 19.4 Å². The van der Waals surface area contributed by atoms with Crippen LogP contribution in [0.2, 0.25) is 0 Å². The number of hydrogen-bond acceptors (Lipinski definition) is 4. The standard InChI is InChI=1S/C22H37NO4/c1-17(2)15-19(23-21(25)27-22(3,4)5)20(24)13-9-10-14-26-16-18-11-7-6-8-12-18/h6-8,11-12,17,19-20,24H,9-10,13-16H2,1-5H3,(H,23,25)/t19-,20?/m1/s1. The highest BCUT2D eigenvalue weighted by Gasteiger charge is 2.25. The summed E-state index contributed by atoms with van der Waals surface area (Å²) in [7, 11) is 0. The van der Waals surface area contributed by atoms with E-state index in [0.717, 1.165) is 18.4 Å². The van der Waals surface area contributed by atoms with E-state index in [-0.39, 0.29) is 6.04 Å². The van der Waals surface area contributed by atoms with Crippen LogP contribution in [0.4, 0.5) is 4.79 Å². The molecule has 0 aliphatic carbocycles. The van der Waals surface area contributed by atoms with Crippen molar-refractivity contribution in [3.63, 3.8) is 0 Å². The van der Waals surface area contributed by atoms with E-state index in [1.165, 1.54) is 0 Å². The maximum absolute atomic E-state index is 12.0. The molecule has 0 heterocycles. The van der Waals surface area contributed by atoms with Crippen LogP contribution in [0.3, 0.4) is 0 Å². The number of benzene rings is 1. The number of unbranched alkanes of at least 4 members (excludes halogenated alkanes) is 1. The molecule has 0 fully saturated rings. The molecule has 0 saturated carbocycles. The van der Waals surface area contributed by atoms with E-state index in [2.05, 4.69) is 19.2 Å². The first-order chi connectivity index (χ1) is 12.7. The maximum Gasteiger partial charge on any atom is 0.407 e. The molecule has 2 atom stereocenters. The zero-order valence-corrected chi connectivity index (χ0v) is 17.5. The number of carbonyl (C=O) groups excluding carboxylic acids is 1. The summed E-state index contributed by atoms with van der Waals surface area (Å²) in [6.07, 6.45) is 2.00. The maximum atomic E-state index is 12.0. The van der Waals surface area contributed by atoms with E-state index in [1.54, 1.807) is 0 Å². The van der Waals surface area contributed by atoms with Gasteiger partial charge in [-0.3, -0.25) is 0 Å². The van der Waals surface area contributed by atoms with Crippen molar-refractivity contribution in [1.29, 1.82) is 0 Å². The summed E-state index contributed by atoms with van der Waals surface area (Å²) in [6.45, 7) is 10.9. The van der Waals surface area contributed by atoms with Gasteiger partial charge in [0.2, 0.25) is 0 Å². The highest BCUT2D eigenvalue weighted by molar-refractivity contribution is 5.68. The minimum atomic E-state index is -0.589. The molecule has 1 rings (SSSR count). The number of nitrogens with one attached hydrogen (secondary N) is 1. The third-order valence-electron chi connectivity index (χ3n) is 4.04. The van der Waals surface area contributed by atoms with Crippen LogP contribution < -0.4 is 5.32 Å². The van der Waals surface area contributed by atoms with E-state index in [4.69, 9.17) is 9.47 Å². The molecule has 27 heavy (non-hydrogen) atoms. The van der Waals surface area contributed by atoms with Gasteiger partial charge in [0.25, 0.3) is 0 Å². The predicted molar refractivity (Wildman–Crippen MR) is 109 cm³/mol. The molecule has 5 nitrogen and oxygen atoms in total. The van der Waals surface area contributed by atoms with Gasteiger partial charge in [-0.25, -0.2) is 4.79 Å². The molecule has 0 spiro atoms. The van der Waals surface area contributed by atoms with Crippen molar-refractivity contribution in [1.82, 2.24) is 5.32 Å². The third kappa shape index (κ3) is 11.7. The molecule has 0 aliphatic heterocycles. The van der Waals surface area contributed by atoms with Gasteiger partial charge in [-0.2, -0.15) is 0 Å². The summed E-state index contributed by atoms with van der Waals surface area (Å²) in [5, 5.41) is 13.4. The Labute approximate surface area is 164 Å². The number of aliphatic hydroxyl groups is 1. The summed E-state index contributed by atoms with van der Waals surface area (Å²) >= 11 is 0. The lowest BCUT2D eigenvalue weighted by Crippen LogP contribution is -2.46. The third-order valence-corrected chi connectivity index (χ3v) is 4.04. The molecule has 5 heteroatoms. The van der Waals surface area contributed by atoms with Gasteiger partial charge >= 0.3 is 6.09 Å². The Morgan fingerprint density at radius 3 is 2.41 bits per heavy atom. The monoisotopic (exact) mass is 379 g/mol. The molecule has 0 bridgehead atoms. The molecule has 0 radical (unpaired) electrons. The van der Waals surface area contributed by atoms with Crippen LogP contribution in [0.25, 0.3) is 0 Å². The zero-order valence-electron chi connectivity index (χ0n) is 17.5. The average Bonchev–Trinajstić information content (AvgIpc) is 2.56. The first kappa shape index (κ1) is 23.4. The highest BCUT2D eigenvalue weighted by Crippen LogP contribution is 2.15. The summed E-state index contributed by atoms with van der Waals surface area (Å²) in [6, 6.07) is 9.78.